The Morgan fingerprint density at radius 1 is 1.33 bits per heavy atom. The molecule has 0 spiro atoms. The van der Waals surface area contributed by atoms with Gasteiger partial charge in [-0.1, -0.05) is 6.07 Å². The minimum absolute atomic E-state index is 0.304. The van der Waals surface area contributed by atoms with Crippen LogP contribution in [0.3, 0.4) is 0 Å². The number of nitrogens with one attached hydrogen (secondary N) is 1. The lowest BCUT2D eigenvalue weighted by Gasteiger charge is -2.14. The maximum absolute atomic E-state index is 12.5. The Balaban J connectivity index is 2.36. The van der Waals surface area contributed by atoms with Gasteiger partial charge in [0.1, 0.15) is 11.9 Å². The van der Waals surface area contributed by atoms with Crippen LogP contribution in [0.15, 0.2) is 30.6 Å². The molecule has 0 amide bonds. The molecule has 2 N–H and O–H groups in total. The molecule has 3 nitrogen and oxygen atoms in total. The molecular weight excluding hydrogens is 245 g/mol. The van der Waals surface area contributed by atoms with Gasteiger partial charge in [-0.15, -0.1) is 0 Å². The van der Waals surface area contributed by atoms with Crippen molar-refractivity contribution in [2.75, 3.05) is 0 Å². The number of nitrogens with zero attached hydrogens (tertiary/aromatic N) is 1. The van der Waals surface area contributed by atoms with E-state index in [0.717, 1.165) is 12.1 Å². The van der Waals surface area contributed by atoms with Crippen LogP contribution in [0.2, 0.25) is 0 Å². The van der Waals surface area contributed by atoms with E-state index in [1.54, 1.807) is 0 Å². The van der Waals surface area contributed by atoms with Crippen LogP contribution in [-0.4, -0.2) is 15.1 Å². The highest BCUT2D eigenvalue weighted by molar-refractivity contribution is 5.36. The fourth-order valence-corrected chi connectivity index (χ4v) is 1.73. The van der Waals surface area contributed by atoms with Crippen molar-refractivity contribution in [3.8, 4) is 0 Å². The van der Waals surface area contributed by atoms with Crippen molar-refractivity contribution >= 4 is 0 Å². The van der Waals surface area contributed by atoms with E-state index in [0.29, 0.717) is 17.0 Å². The SMILES string of the molecule is Cc1cc(C(F)(F)F)ccc1C(O)c1ncc[nH]1. The van der Waals surface area contributed by atoms with Gasteiger partial charge < -0.3 is 10.1 Å². The number of aliphatic hydroxyl groups excluding tert-OH is 1. The number of alkyl halides is 3. The highest BCUT2D eigenvalue weighted by Crippen LogP contribution is 2.32. The first-order chi connectivity index (χ1) is 8.39. The van der Waals surface area contributed by atoms with Gasteiger partial charge >= 0.3 is 6.18 Å². The lowest BCUT2D eigenvalue weighted by Crippen LogP contribution is -2.08. The first-order valence-corrected chi connectivity index (χ1v) is 5.24. The minimum atomic E-state index is -4.38. The summed E-state index contributed by atoms with van der Waals surface area (Å²) in [5.41, 5.74) is 0.0436. The lowest BCUT2D eigenvalue weighted by atomic mass is 10.00. The number of aromatic nitrogens is 2. The van der Waals surface area contributed by atoms with Crippen molar-refractivity contribution in [3.63, 3.8) is 0 Å². The third kappa shape index (κ3) is 2.38. The predicted molar refractivity (Wildman–Crippen MR) is 58.8 cm³/mol. The van der Waals surface area contributed by atoms with Gasteiger partial charge in [0, 0.05) is 12.4 Å². The van der Waals surface area contributed by atoms with Crippen LogP contribution in [0.5, 0.6) is 0 Å². The summed E-state index contributed by atoms with van der Waals surface area (Å²) in [6.07, 6.45) is -2.42. The summed E-state index contributed by atoms with van der Waals surface area (Å²) >= 11 is 0. The molecule has 1 unspecified atom stereocenters. The average Bonchev–Trinajstić information content (AvgIpc) is 2.80. The molecule has 0 saturated heterocycles. The first-order valence-electron chi connectivity index (χ1n) is 5.24. The Morgan fingerprint density at radius 2 is 2.06 bits per heavy atom. The monoisotopic (exact) mass is 256 g/mol. The number of aryl methyl sites for hydroxylation is 1. The molecule has 1 aromatic heterocycles. The largest absolute Gasteiger partial charge is 0.416 e. The molecule has 1 atom stereocenters. The number of rotatable bonds is 2. The molecule has 0 bridgehead atoms. The smallest absolute Gasteiger partial charge is 0.380 e. The van der Waals surface area contributed by atoms with Crippen molar-refractivity contribution in [1.82, 2.24) is 9.97 Å². The molecule has 2 rings (SSSR count). The van der Waals surface area contributed by atoms with Crippen LogP contribution in [0.25, 0.3) is 0 Å². The number of benzene rings is 1. The lowest BCUT2D eigenvalue weighted by molar-refractivity contribution is -0.137. The maximum Gasteiger partial charge on any atom is 0.416 e. The van der Waals surface area contributed by atoms with E-state index in [-0.39, 0.29) is 0 Å². The van der Waals surface area contributed by atoms with E-state index in [9.17, 15) is 18.3 Å². The van der Waals surface area contributed by atoms with Crippen LogP contribution in [0, 0.1) is 6.92 Å². The average molecular weight is 256 g/mol. The number of hydrogen-bond donors (Lipinski definition) is 2. The van der Waals surface area contributed by atoms with Crippen molar-refractivity contribution in [2.24, 2.45) is 0 Å². The van der Waals surface area contributed by atoms with Crippen molar-refractivity contribution in [2.45, 2.75) is 19.2 Å². The summed E-state index contributed by atoms with van der Waals surface area (Å²) in [7, 11) is 0. The Kier molecular flexibility index (Phi) is 3.13. The summed E-state index contributed by atoms with van der Waals surface area (Å²) < 4.78 is 37.5. The van der Waals surface area contributed by atoms with Gasteiger partial charge in [-0.2, -0.15) is 13.2 Å². The molecular formula is C12H11F3N2O. The first kappa shape index (κ1) is 12.6. The summed E-state index contributed by atoms with van der Waals surface area (Å²) in [6.45, 7) is 1.52. The quantitative estimate of drug-likeness (QED) is 0.868. The molecule has 1 heterocycles. The topological polar surface area (TPSA) is 48.9 Å². The summed E-state index contributed by atoms with van der Waals surface area (Å²) in [4.78, 5) is 6.60. The van der Waals surface area contributed by atoms with E-state index < -0.39 is 17.8 Å². The molecule has 0 radical (unpaired) electrons. The van der Waals surface area contributed by atoms with Gasteiger partial charge in [0.05, 0.1) is 5.56 Å². The zero-order valence-electron chi connectivity index (χ0n) is 9.49. The second-order valence-electron chi connectivity index (χ2n) is 3.95. The highest BCUT2D eigenvalue weighted by atomic mass is 19.4. The third-order valence-corrected chi connectivity index (χ3v) is 2.67. The molecule has 6 heteroatoms. The van der Waals surface area contributed by atoms with Crippen LogP contribution in [-0.2, 0) is 6.18 Å². The van der Waals surface area contributed by atoms with Gasteiger partial charge in [0.15, 0.2) is 0 Å². The molecule has 0 aliphatic rings. The molecule has 0 saturated carbocycles. The Hall–Kier alpha value is -1.82. The van der Waals surface area contributed by atoms with E-state index in [4.69, 9.17) is 0 Å². The van der Waals surface area contributed by atoms with E-state index in [2.05, 4.69) is 9.97 Å². The maximum atomic E-state index is 12.5. The van der Waals surface area contributed by atoms with Gasteiger partial charge in [-0.3, -0.25) is 0 Å². The fourth-order valence-electron chi connectivity index (χ4n) is 1.73. The highest BCUT2D eigenvalue weighted by Gasteiger charge is 2.31. The molecule has 2 aromatic rings. The molecule has 1 aromatic carbocycles. The molecule has 0 aliphatic heterocycles. The zero-order valence-corrected chi connectivity index (χ0v) is 9.49. The number of H-pyrrole nitrogens is 1. The Bertz CT molecular complexity index is 535. The normalized spacial score (nSPS) is 13.6. The minimum Gasteiger partial charge on any atom is -0.380 e. The second-order valence-corrected chi connectivity index (χ2v) is 3.95. The molecule has 0 fully saturated rings. The van der Waals surface area contributed by atoms with Crippen LogP contribution in [0.4, 0.5) is 13.2 Å². The van der Waals surface area contributed by atoms with E-state index >= 15 is 0 Å². The zero-order chi connectivity index (χ0) is 13.3. The predicted octanol–water partition coefficient (Wildman–Crippen LogP) is 2.82. The van der Waals surface area contributed by atoms with Crippen LogP contribution in [0.1, 0.15) is 28.6 Å². The third-order valence-electron chi connectivity index (χ3n) is 2.67. The van der Waals surface area contributed by atoms with Gasteiger partial charge in [0.2, 0.25) is 0 Å². The van der Waals surface area contributed by atoms with Gasteiger partial charge in [-0.05, 0) is 30.2 Å². The second kappa shape index (κ2) is 4.45. The molecule has 0 aliphatic carbocycles. The fraction of sp³-hybridized carbons (Fsp3) is 0.250. The summed E-state index contributed by atoms with van der Waals surface area (Å²) in [5.74, 6) is 0.304. The standard InChI is InChI=1S/C12H11F3N2O/c1-7-6-8(12(13,14)15)2-3-9(7)10(18)11-16-4-5-17-11/h2-6,10,18H,1H3,(H,16,17). The van der Waals surface area contributed by atoms with Crippen LogP contribution < -0.4 is 0 Å². The van der Waals surface area contributed by atoms with E-state index in [1.165, 1.54) is 25.4 Å². The van der Waals surface area contributed by atoms with Crippen molar-refractivity contribution in [3.05, 3.63) is 53.1 Å². The summed E-state index contributed by atoms with van der Waals surface area (Å²) in [5, 5.41) is 9.98. The van der Waals surface area contributed by atoms with Crippen molar-refractivity contribution in [1.29, 1.82) is 0 Å². The number of aromatic amines is 1. The number of imidazole rings is 1. The summed E-state index contributed by atoms with van der Waals surface area (Å²) in [6, 6.07) is 3.24. The number of hydrogen-bond acceptors (Lipinski definition) is 2. The molecule has 18 heavy (non-hydrogen) atoms. The Labute approximate surface area is 101 Å². The van der Waals surface area contributed by atoms with E-state index in [1.807, 2.05) is 0 Å². The number of aliphatic hydroxyl groups is 1. The number of halogens is 3. The Morgan fingerprint density at radius 3 is 2.56 bits per heavy atom. The molecule has 96 valence electrons. The van der Waals surface area contributed by atoms with Gasteiger partial charge in [0.25, 0.3) is 0 Å². The van der Waals surface area contributed by atoms with Gasteiger partial charge in [-0.25, -0.2) is 4.98 Å². The van der Waals surface area contributed by atoms with Crippen LogP contribution >= 0.6 is 0 Å². The van der Waals surface area contributed by atoms with Crippen molar-refractivity contribution < 1.29 is 18.3 Å².